The molecule has 2 amide bonds. The van der Waals surface area contributed by atoms with Crippen molar-refractivity contribution in [2.45, 2.75) is 51.7 Å². The molecular formula is C28H30ClFN2O2. The second kappa shape index (κ2) is 11.3. The first kappa shape index (κ1) is 25.4. The summed E-state index contributed by atoms with van der Waals surface area (Å²) >= 11 is 6.11. The van der Waals surface area contributed by atoms with E-state index in [2.05, 4.69) is 5.32 Å². The zero-order valence-electron chi connectivity index (χ0n) is 19.7. The van der Waals surface area contributed by atoms with Crippen LogP contribution in [0, 0.1) is 5.82 Å². The third-order valence-corrected chi connectivity index (χ3v) is 5.55. The Hall–Kier alpha value is -3.18. The summed E-state index contributed by atoms with van der Waals surface area (Å²) in [7, 11) is 0. The summed E-state index contributed by atoms with van der Waals surface area (Å²) in [4.78, 5) is 28.6. The molecule has 6 heteroatoms. The van der Waals surface area contributed by atoms with Gasteiger partial charge in [-0.15, -0.1) is 0 Å². The Balaban J connectivity index is 2.00. The van der Waals surface area contributed by atoms with Crippen LogP contribution in [0.25, 0.3) is 0 Å². The van der Waals surface area contributed by atoms with Gasteiger partial charge < -0.3 is 10.2 Å². The van der Waals surface area contributed by atoms with Crippen LogP contribution in [0.5, 0.6) is 0 Å². The van der Waals surface area contributed by atoms with Crippen LogP contribution in [0.2, 0.25) is 5.02 Å². The summed E-state index contributed by atoms with van der Waals surface area (Å²) in [6.45, 7) is 5.64. The number of nitrogens with zero attached hydrogens (tertiary/aromatic N) is 1. The molecule has 0 radical (unpaired) electrons. The number of hydrogen-bond acceptors (Lipinski definition) is 2. The van der Waals surface area contributed by atoms with Crippen molar-refractivity contribution in [1.82, 2.24) is 10.2 Å². The van der Waals surface area contributed by atoms with Crippen LogP contribution < -0.4 is 5.32 Å². The molecule has 0 unspecified atom stereocenters. The lowest BCUT2D eigenvalue weighted by Crippen LogP contribution is -2.54. The predicted molar refractivity (Wildman–Crippen MR) is 134 cm³/mol. The maximum atomic E-state index is 14.6. The van der Waals surface area contributed by atoms with Crippen molar-refractivity contribution in [3.05, 3.63) is 106 Å². The van der Waals surface area contributed by atoms with E-state index in [0.717, 1.165) is 11.1 Å². The molecule has 0 heterocycles. The lowest BCUT2D eigenvalue weighted by atomic mass is 9.99. The Bertz CT molecular complexity index is 1130. The zero-order valence-corrected chi connectivity index (χ0v) is 20.5. The molecular weight excluding hydrogens is 451 g/mol. The summed E-state index contributed by atoms with van der Waals surface area (Å²) in [5, 5.41) is 3.53. The molecule has 3 rings (SSSR count). The molecule has 0 saturated carbocycles. The Labute approximate surface area is 205 Å². The van der Waals surface area contributed by atoms with E-state index in [1.165, 1.54) is 11.0 Å². The van der Waals surface area contributed by atoms with Crippen LogP contribution in [0.15, 0.2) is 78.9 Å². The van der Waals surface area contributed by atoms with Crippen molar-refractivity contribution in [3.8, 4) is 0 Å². The lowest BCUT2D eigenvalue weighted by Gasteiger charge is -2.34. The summed E-state index contributed by atoms with van der Waals surface area (Å²) in [6, 6.07) is 22.1. The van der Waals surface area contributed by atoms with Gasteiger partial charge in [-0.3, -0.25) is 9.59 Å². The summed E-state index contributed by atoms with van der Waals surface area (Å²) in [5.74, 6) is -0.986. The first-order valence-electron chi connectivity index (χ1n) is 11.3. The molecule has 0 fully saturated rings. The molecule has 0 aliphatic rings. The van der Waals surface area contributed by atoms with Gasteiger partial charge in [-0.05, 0) is 50.1 Å². The minimum atomic E-state index is -0.826. The van der Waals surface area contributed by atoms with Gasteiger partial charge in [0.05, 0.1) is 6.42 Å². The van der Waals surface area contributed by atoms with Crippen molar-refractivity contribution >= 4 is 23.4 Å². The summed E-state index contributed by atoms with van der Waals surface area (Å²) in [5.41, 5.74) is 1.49. The zero-order chi connectivity index (χ0) is 24.7. The van der Waals surface area contributed by atoms with Crippen LogP contribution in [0.3, 0.4) is 0 Å². The van der Waals surface area contributed by atoms with Crippen molar-refractivity contribution in [2.24, 2.45) is 0 Å². The topological polar surface area (TPSA) is 49.4 Å². The van der Waals surface area contributed by atoms with E-state index in [9.17, 15) is 14.0 Å². The standard InChI is InChI=1S/C28H30ClFN2O2/c1-28(2,3)31-27(34)25(17-20-10-5-4-6-11-20)32(19-22-13-7-8-15-24(22)30)26(33)18-21-12-9-14-23(29)16-21/h4-16,25H,17-19H2,1-3H3,(H,31,34)/t25-/m0/s1. The number of carbonyl (C=O) groups excluding carboxylic acids is 2. The fourth-order valence-electron chi connectivity index (χ4n) is 3.74. The largest absolute Gasteiger partial charge is 0.350 e. The monoisotopic (exact) mass is 480 g/mol. The number of carbonyl (C=O) groups is 2. The van der Waals surface area contributed by atoms with Crippen molar-refractivity contribution in [1.29, 1.82) is 0 Å². The first-order valence-corrected chi connectivity index (χ1v) is 11.6. The highest BCUT2D eigenvalue weighted by molar-refractivity contribution is 6.30. The molecule has 0 bridgehead atoms. The molecule has 4 nitrogen and oxygen atoms in total. The average molecular weight is 481 g/mol. The second-order valence-corrected chi connectivity index (χ2v) is 9.80. The van der Waals surface area contributed by atoms with Gasteiger partial charge in [-0.2, -0.15) is 0 Å². The molecule has 0 aliphatic carbocycles. The van der Waals surface area contributed by atoms with Gasteiger partial charge in [0.25, 0.3) is 0 Å². The molecule has 3 aromatic rings. The quantitative estimate of drug-likeness (QED) is 0.457. The Morgan fingerprint density at radius 2 is 1.59 bits per heavy atom. The fourth-order valence-corrected chi connectivity index (χ4v) is 3.95. The van der Waals surface area contributed by atoms with E-state index >= 15 is 0 Å². The molecule has 1 N–H and O–H groups in total. The third-order valence-electron chi connectivity index (χ3n) is 5.31. The van der Waals surface area contributed by atoms with E-state index < -0.39 is 17.4 Å². The Morgan fingerprint density at radius 1 is 0.941 bits per heavy atom. The first-order chi connectivity index (χ1) is 16.1. The highest BCUT2D eigenvalue weighted by Crippen LogP contribution is 2.20. The SMILES string of the molecule is CC(C)(C)NC(=O)[C@H](Cc1ccccc1)N(Cc1ccccc1F)C(=O)Cc1cccc(Cl)c1. The van der Waals surface area contributed by atoms with Gasteiger partial charge in [-0.25, -0.2) is 4.39 Å². The maximum Gasteiger partial charge on any atom is 0.243 e. The predicted octanol–water partition coefficient (Wildman–Crippen LogP) is 5.58. The van der Waals surface area contributed by atoms with Crippen LogP contribution in [-0.4, -0.2) is 28.3 Å². The van der Waals surface area contributed by atoms with Gasteiger partial charge in [0.2, 0.25) is 11.8 Å². The minimum Gasteiger partial charge on any atom is -0.350 e. The van der Waals surface area contributed by atoms with Crippen LogP contribution in [0.1, 0.15) is 37.5 Å². The lowest BCUT2D eigenvalue weighted by molar-refractivity contribution is -0.141. The number of benzene rings is 3. The number of amides is 2. The van der Waals surface area contributed by atoms with Crippen molar-refractivity contribution < 1.29 is 14.0 Å². The summed E-state index contributed by atoms with van der Waals surface area (Å²) in [6.07, 6.45) is 0.349. The normalized spacial score (nSPS) is 12.1. The molecule has 34 heavy (non-hydrogen) atoms. The molecule has 3 aromatic carbocycles. The number of rotatable bonds is 8. The third kappa shape index (κ3) is 7.42. The van der Waals surface area contributed by atoms with E-state index in [0.29, 0.717) is 17.0 Å². The molecule has 0 aromatic heterocycles. The smallest absolute Gasteiger partial charge is 0.243 e. The molecule has 178 valence electrons. The number of hydrogen-bond donors (Lipinski definition) is 1. The van der Waals surface area contributed by atoms with Gasteiger partial charge in [0.1, 0.15) is 11.9 Å². The van der Waals surface area contributed by atoms with E-state index in [4.69, 9.17) is 11.6 Å². The van der Waals surface area contributed by atoms with E-state index in [-0.39, 0.29) is 24.8 Å². The van der Waals surface area contributed by atoms with Gasteiger partial charge in [-0.1, -0.05) is 72.3 Å². The van der Waals surface area contributed by atoms with Gasteiger partial charge in [0.15, 0.2) is 0 Å². The summed E-state index contributed by atoms with van der Waals surface area (Å²) < 4.78 is 14.6. The van der Waals surface area contributed by atoms with Crippen molar-refractivity contribution in [2.75, 3.05) is 0 Å². The van der Waals surface area contributed by atoms with E-state index in [1.807, 2.05) is 57.2 Å². The highest BCUT2D eigenvalue weighted by atomic mass is 35.5. The molecule has 0 saturated heterocycles. The van der Waals surface area contributed by atoms with Crippen LogP contribution in [-0.2, 0) is 29.0 Å². The number of nitrogens with one attached hydrogen (secondary N) is 1. The van der Waals surface area contributed by atoms with Gasteiger partial charge in [0, 0.05) is 29.1 Å². The van der Waals surface area contributed by atoms with Crippen molar-refractivity contribution in [3.63, 3.8) is 0 Å². The van der Waals surface area contributed by atoms with Crippen LogP contribution in [0.4, 0.5) is 4.39 Å². The maximum absolute atomic E-state index is 14.6. The van der Waals surface area contributed by atoms with Crippen LogP contribution >= 0.6 is 11.6 Å². The highest BCUT2D eigenvalue weighted by Gasteiger charge is 2.32. The average Bonchev–Trinajstić information content (AvgIpc) is 2.77. The fraction of sp³-hybridized carbons (Fsp3) is 0.286. The molecule has 0 aliphatic heterocycles. The molecule has 0 spiro atoms. The van der Waals surface area contributed by atoms with E-state index in [1.54, 1.807) is 36.4 Å². The van der Waals surface area contributed by atoms with Gasteiger partial charge >= 0.3 is 0 Å². The Morgan fingerprint density at radius 3 is 2.24 bits per heavy atom. The minimum absolute atomic E-state index is 0.0267. The molecule has 1 atom stereocenters. The second-order valence-electron chi connectivity index (χ2n) is 9.36. The Kier molecular flexibility index (Phi) is 8.46. The number of halogens is 2.